The summed E-state index contributed by atoms with van der Waals surface area (Å²) in [5.74, 6) is -1.81. The van der Waals surface area contributed by atoms with E-state index in [0.29, 0.717) is 0 Å². The van der Waals surface area contributed by atoms with Gasteiger partial charge >= 0.3 is 12.1 Å². The van der Waals surface area contributed by atoms with Crippen molar-refractivity contribution in [1.29, 1.82) is 0 Å². The summed E-state index contributed by atoms with van der Waals surface area (Å²) >= 11 is 0. The lowest BCUT2D eigenvalue weighted by Gasteiger charge is -2.36. The van der Waals surface area contributed by atoms with Gasteiger partial charge in [0.05, 0.1) is 24.2 Å². The van der Waals surface area contributed by atoms with Gasteiger partial charge in [0, 0.05) is 23.6 Å². The maximum absolute atomic E-state index is 14.0. The summed E-state index contributed by atoms with van der Waals surface area (Å²) in [5.41, 5.74) is -0.374. The van der Waals surface area contributed by atoms with Crippen molar-refractivity contribution in [2.75, 3.05) is 23.3 Å². The third kappa shape index (κ3) is 5.50. The number of hydrogen-bond acceptors (Lipinski definition) is 7. The second-order valence-corrected chi connectivity index (χ2v) is 12.3. The fourth-order valence-corrected chi connectivity index (χ4v) is 5.93. The monoisotopic (exact) mass is 550 g/mol. The Morgan fingerprint density at radius 2 is 1.92 bits per heavy atom. The number of sulfonamides is 1. The average Bonchev–Trinajstić information content (AvgIpc) is 3.63. The molecule has 1 unspecified atom stereocenters. The number of ether oxygens (including phenoxy) is 3. The number of benzene rings is 2. The first-order valence-corrected chi connectivity index (χ1v) is 13.6. The summed E-state index contributed by atoms with van der Waals surface area (Å²) in [6.45, 7) is 5.80. The molecule has 4 rings (SSSR count). The van der Waals surface area contributed by atoms with Gasteiger partial charge in [-0.05, 0) is 49.6 Å². The summed E-state index contributed by atoms with van der Waals surface area (Å²) in [6.07, 6.45) is -0.0552. The molecule has 1 amide bonds. The Morgan fingerprint density at radius 3 is 2.53 bits per heavy atom. The van der Waals surface area contributed by atoms with Gasteiger partial charge in [0.1, 0.15) is 17.5 Å². The quantitative estimate of drug-likeness (QED) is 0.480. The van der Waals surface area contributed by atoms with Crippen LogP contribution in [0.4, 0.5) is 20.6 Å². The van der Waals surface area contributed by atoms with E-state index in [1.807, 2.05) is 20.8 Å². The van der Waals surface area contributed by atoms with Gasteiger partial charge in [-0.15, -0.1) is 0 Å². The van der Waals surface area contributed by atoms with E-state index in [-0.39, 0.29) is 52.6 Å². The van der Waals surface area contributed by atoms with Gasteiger partial charge < -0.3 is 19.3 Å². The van der Waals surface area contributed by atoms with Crippen LogP contribution in [-0.2, 0) is 19.6 Å². The van der Waals surface area contributed by atoms with Crippen LogP contribution < -0.4 is 19.1 Å². The molecule has 0 radical (unpaired) electrons. The topological polar surface area (TPSA) is 131 Å². The molecule has 0 spiro atoms. The van der Waals surface area contributed by atoms with E-state index in [4.69, 9.17) is 19.3 Å². The third-order valence-electron chi connectivity index (χ3n) is 6.89. The fraction of sp³-hybridized carbons (Fsp3) is 0.462. The van der Waals surface area contributed by atoms with Crippen LogP contribution in [-0.4, -0.2) is 50.9 Å². The number of fused-ring (bicyclic) bond motifs is 1. The van der Waals surface area contributed by atoms with Gasteiger partial charge in [-0.2, -0.15) is 0 Å². The molecule has 2 N–H and O–H groups in total. The van der Waals surface area contributed by atoms with Crippen LogP contribution in [0.2, 0.25) is 0 Å². The number of carboxylic acid groups (broad SMARTS) is 1. The number of carbonyl (C=O) groups excluding carboxylic acids is 1. The second kappa shape index (κ2) is 9.97. The Balaban J connectivity index is 1.66. The Labute approximate surface area is 220 Å². The van der Waals surface area contributed by atoms with Crippen molar-refractivity contribution >= 4 is 33.5 Å². The SMILES string of the molecule is COc1cc(S(=O)(=O)N2CC(CCC(=O)O)Oc3ccc(NC(=O)OC4(C(C)(C)C)CC4)cc32)ccc1F. The number of amides is 1. The number of hydrogen-bond donors (Lipinski definition) is 2. The molecule has 1 aliphatic heterocycles. The minimum Gasteiger partial charge on any atom is -0.494 e. The Kier molecular flexibility index (Phi) is 7.21. The first-order chi connectivity index (χ1) is 17.8. The highest BCUT2D eigenvalue weighted by Gasteiger charge is 2.55. The molecule has 1 atom stereocenters. The Hall–Kier alpha value is -3.54. The van der Waals surface area contributed by atoms with Crippen LogP contribution in [0.5, 0.6) is 11.5 Å². The van der Waals surface area contributed by atoms with E-state index in [2.05, 4.69) is 5.32 Å². The number of nitrogens with zero attached hydrogens (tertiary/aromatic N) is 1. The smallest absolute Gasteiger partial charge is 0.412 e. The predicted molar refractivity (Wildman–Crippen MR) is 137 cm³/mol. The van der Waals surface area contributed by atoms with Gasteiger partial charge in [-0.1, -0.05) is 20.8 Å². The van der Waals surface area contributed by atoms with Crippen LogP contribution in [0.15, 0.2) is 41.3 Å². The largest absolute Gasteiger partial charge is 0.494 e. The molecule has 2 aromatic rings. The molecule has 2 aromatic carbocycles. The number of nitrogens with one attached hydrogen (secondary N) is 1. The summed E-state index contributed by atoms with van der Waals surface area (Å²) in [5, 5.41) is 11.8. The lowest BCUT2D eigenvalue weighted by molar-refractivity contribution is -0.137. The Morgan fingerprint density at radius 1 is 1.21 bits per heavy atom. The molecule has 0 bridgehead atoms. The lowest BCUT2D eigenvalue weighted by Crippen LogP contribution is -2.43. The van der Waals surface area contributed by atoms with Crippen LogP contribution >= 0.6 is 0 Å². The minimum atomic E-state index is -4.26. The van der Waals surface area contributed by atoms with E-state index in [1.54, 1.807) is 6.07 Å². The third-order valence-corrected chi connectivity index (χ3v) is 8.66. The van der Waals surface area contributed by atoms with Gasteiger partial charge in [0.2, 0.25) is 0 Å². The van der Waals surface area contributed by atoms with E-state index >= 15 is 0 Å². The van der Waals surface area contributed by atoms with Crippen molar-refractivity contribution in [3.63, 3.8) is 0 Å². The summed E-state index contributed by atoms with van der Waals surface area (Å²) in [4.78, 5) is 23.6. The molecule has 206 valence electrons. The van der Waals surface area contributed by atoms with Crippen molar-refractivity contribution in [1.82, 2.24) is 0 Å². The number of carboxylic acids is 1. The van der Waals surface area contributed by atoms with Gasteiger partial charge in [-0.3, -0.25) is 14.4 Å². The molecular formula is C26H31FN2O8S. The predicted octanol–water partition coefficient (Wildman–Crippen LogP) is 4.78. The molecule has 0 saturated heterocycles. The normalized spacial score (nSPS) is 18.1. The highest BCUT2D eigenvalue weighted by molar-refractivity contribution is 7.92. The van der Waals surface area contributed by atoms with Crippen LogP contribution in [0.3, 0.4) is 0 Å². The molecule has 1 heterocycles. The van der Waals surface area contributed by atoms with Crippen LogP contribution in [0.25, 0.3) is 0 Å². The van der Waals surface area contributed by atoms with Crippen molar-refractivity contribution < 1.29 is 41.7 Å². The van der Waals surface area contributed by atoms with Crippen molar-refractivity contribution in [2.45, 2.75) is 63.1 Å². The number of carbonyl (C=O) groups is 2. The highest BCUT2D eigenvalue weighted by atomic mass is 32.2. The number of aliphatic carboxylic acids is 1. The molecular weight excluding hydrogens is 519 g/mol. The fourth-order valence-electron chi connectivity index (χ4n) is 4.42. The minimum absolute atomic E-state index is 0.0642. The number of methoxy groups -OCH3 is 1. The lowest BCUT2D eigenvalue weighted by atomic mass is 9.86. The maximum atomic E-state index is 14.0. The molecule has 38 heavy (non-hydrogen) atoms. The van der Waals surface area contributed by atoms with E-state index in [0.717, 1.165) is 35.3 Å². The van der Waals surface area contributed by atoms with E-state index in [9.17, 15) is 22.4 Å². The molecule has 1 aliphatic carbocycles. The second-order valence-electron chi connectivity index (χ2n) is 10.4. The molecule has 1 fully saturated rings. The summed E-state index contributed by atoms with van der Waals surface area (Å²) in [7, 11) is -3.04. The zero-order valence-electron chi connectivity index (χ0n) is 21.6. The zero-order valence-corrected chi connectivity index (χ0v) is 22.4. The number of halogens is 1. The number of rotatable bonds is 8. The molecule has 10 nitrogen and oxygen atoms in total. The van der Waals surface area contributed by atoms with Crippen molar-refractivity contribution in [2.24, 2.45) is 5.41 Å². The standard InChI is InChI=1S/C26H31FN2O8S/c1-25(2,3)26(11-12-26)37-24(32)28-16-5-9-21-20(13-16)29(15-17(36-21)6-10-23(30)31)38(33,34)18-7-8-19(27)22(14-18)35-4/h5,7-9,13-14,17H,6,10-12,15H2,1-4H3,(H,28,32)(H,30,31). The van der Waals surface area contributed by atoms with E-state index in [1.165, 1.54) is 19.2 Å². The maximum Gasteiger partial charge on any atom is 0.412 e. The van der Waals surface area contributed by atoms with E-state index < -0.39 is 39.6 Å². The van der Waals surface area contributed by atoms with Gasteiger partial charge in [-0.25, -0.2) is 17.6 Å². The summed E-state index contributed by atoms with van der Waals surface area (Å²) < 4.78 is 59.1. The van der Waals surface area contributed by atoms with Crippen molar-refractivity contribution in [3.8, 4) is 11.5 Å². The Bertz CT molecular complexity index is 1350. The van der Waals surface area contributed by atoms with Gasteiger partial charge in [0.15, 0.2) is 11.6 Å². The van der Waals surface area contributed by atoms with Crippen molar-refractivity contribution in [3.05, 3.63) is 42.2 Å². The highest BCUT2D eigenvalue weighted by Crippen LogP contribution is 2.53. The molecule has 2 aliphatic rings. The molecule has 12 heteroatoms. The average molecular weight is 551 g/mol. The number of anilines is 2. The molecule has 1 saturated carbocycles. The van der Waals surface area contributed by atoms with Crippen LogP contribution in [0, 0.1) is 11.2 Å². The zero-order chi connectivity index (χ0) is 27.9. The van der Waals surface area contributed by atoms with Gasteiger partial charge in [0.25, 0.3) is 10.0 Å². The molecule has 0 aromatic heterocycles. The summed E-state index contributed by atoms with van der Waals surface area (Å²) in [6, 6.07) is 7.68. The van der Waals surface area contributed by atoms with Crippen LogP contribution in [0.1, 0.15) is 46.5 Å². The first-order valence-electron chi connectivity index (χ1n) is 12.1. The first kappa shape index (κ1) is 27.5.